The maximum Gasteiger partial charge on any atom is 0.317 e. The molecule has 2 fully saturated rings. The van der Waals surface area contributed by atoms with Gasteiger partial charge in [-0.3, -0.25) is 0 Å². The minimum Gasteiger partial charge on any atom is -0.378 e. The maximum absolute atomic E-state index is 12.6. The molecule has 1 saturated heterocycles. The summed E-state index contributed by atoms with van der Waals surface area (Å²) in [7, 11) is 0. The first kappa shape index (κ1) is 15.3. The van der Waals surface area contributed by atoms with Gasteiger partial charge in [-0.15, -0.1) is 0 Å². The summed E-state index contributed by atoms with van der Waals surface area (Å²) in [6.45, 7) is 2.20. The van der Waals surface area contributed by atoms with Crippen molar-refractivity contribution in [3.05, 3.63) is 34.3 Å². The first-order chi connectivity index (χ1) is 11.2. The van der Waals surface area contributed by atoms with Crippen LogP contribution in [-0.4, -0.2) is 36.2 Å². The van der Waals surface area contributed by atoms with E-state index in [1.165, 1.54) is 24.0 Å². The highest BCUT2D eigenvalue weighted by Crippen LogP contribution is 2.38. The Balaban J connectivity index is 1.35. The summed E-state index contributed by atoms with van der Waals surface area (Å²) in [5.74, 6) is 0.737. The summed E-state index contributed by atoms with van der Waals surface area (Å²) in [6, 6.07) is 6.28. The van der Waals surface area contributed by atoms with Gasteiger partial charge in [0, 0.05) is 30.8 Å². The van der Waals surface area contributed by atoms with Crippen LogP contribution in [0.3, 0.4) is 0 Å². The topological polar surface area (TPSA) is 41.6 Å². The van der Waals surface area contributed by atoms with Crippen LogP contribution >= 0.6 is 11.6 Å². The summed E-state index contributed by atoms with van der Waals surface area (Å²) >= 11 is 6.04. The standard InChI is InChI=1S/C18H23ClN2O2/c19-15-4-3-14-11-21(7-5-13(14)9-15)18(22)20-16-6-8-23-17(10-16)12-1-2-12/h3-4,9,12,16-17H,1-2,5-8,10-11H2,(H,20,22). The van der Waals surface area contributed by atoms with E-state index in [4.69, 9.17) is 16.3 Å². The van der Waals surface area contributed by atoms with Crippen molar-refractivity contribution in [1.82, 2.24) is 10.2 Å². The molecule has 2 amide bonds. The lowest BCUT2D eigenvalue weighted by atomic mass is 9.99. The van der Waals surface area contributed by atoms with E-state index in [-0.39, 0.29) is 12.1 Å². The van der Waals surface area contributed by atoms with Crippen LogP contribution in [0.4, 0.5) is 4.79 Å². The second-order valence-electron chi connectivity index (χ2n) is 7.00. The van der Waals surface area contributed by atoms with Gasteiger partial charge in [0.05, 0.1) is 6.10 Å². The van der Waals surface area contributed by atoms with Crippen LogP contribution in [0.2, 0.25) is 5.02 Å². The Labute approximate surface area is 142 Å². The summed E-state index contributed by atoms with van der Waals surface area (Å²) in [5.41, 5.74) is 2.47. The number of halogens is 1. The average molecular weight is 335 g/mol. The van der Waals surface area contributed by atoms with Gasteiger partial charge in [-0.2, -0.15) is 0 Å². The number of fused-ring (bicyclic) bond motifs is 1. The van der Waals surface area contributed by atoms with E-state index >= 15 is 0 Å². The van der Waals surface area contributed by atoms with E-state index in [1.54, 1.807) is 0 Å². The second-order valence-corrected chi connectivity index (χ2v) is 7.44. The molecule has 0 bridgehead atoms. The fourth-order valence-electron chi connectivity index (χ4n) is 3.72. The van der Waals surface area contributed by atoms with Gasteiger partial charge in [-0.1, -0.05) is 17.7 Å². The Hall–Kier alpha value is -1.26. The van der Waals surface area contributed by atoms with Gasteiger partial charge in [0.2, 0.25) is 0 Å². The fraction of sp³-hybridized carbons (Fsp3) is 0.611. The van der Waals surface area contributed by atoms with Crippen molar-refractivity contribution in [2.45, 2.75) is 50.8 Å². The maximum atomic E-state index is 12.6. The van der Waals surface area contributed by atoms with Gasteiger partial charge in [0.1, 0.15) is 0 Å². The van der Waals surface area contributed by atoms with Gasteiger partial charge in [0.25, 0.3) is 0 Å². The van der Waals surface area contributed by atoms with Gasteiger partial charge < -0.3 is 15.0 Å². The van der Waals surface area contributed by atoms with Crippen LogP contribution in [-0.2, 0) is 17.7 Å². The molecule has 0 radical (unpaired) electrons. The molecule has 1 aromatic rings. The molecule has 1 saturated carbocycles. The summed E-state index contributed by atoms with van der Waals surface area (Å²) in [5, 5.41) is 4.00. The molecular weight excluding hydrogens is 312 g/mol. The van der Waals surface area contributed by atoms with Crippen LogP contribution < -0.4 is 5.32 Å². The molecule has 5 heteroatoms. The number of benzene rings is 1. The van der Waals surface area contributed by atoms with Gasteiger partial charge >= 0.3 is 6.03 Å². The number of nitrogens with zero attached hydrogens (tertiary/aromatic N) is 1. The second kappa shape index (κ2) is 6.33. The van der Waals surface area contributed by atoms with Crippen molar-refractivity contribution >= 4 is 17.6 Å². The minimum atomic E-state index is 0.0621. The Bertz CT molecular complexity index is 603. The van der Waals surface area contributed by atoms with Crippen molar-refractivity contribution in [3.63, 3.8) is 0 Å². The van der Waals surface area contributed by atoms with Gasteiger partial charge in [-0.25, -0.2) is 4.79 Å². The summed E-state index contributed by atoms with van der Waals surface area (Å²) in [4.78, 5) is 14.5. The highest BCUT2D eigenvalue weighted by Gasteiger charge is 2.36. The minimum absolute atomic E-state index is 0.0621. The van der Waals surface area contributed by atoms with Crippen LogP contribution in [0, 0.1) is 5.92 Å². The van der Waals surface area contributed by atoms with Crippen LogP contribution in [0.15, 0.2) is 18.2 Å². The monoisotopic (exact) mass is 334 g/mol. The molecule has 2 atom stereocenters. The Morgan fingerprint density at radius 3 is 2.96 bits per heavy atom. The molecule has 1 aromatic carbocycles. The zero-order chi connectivity index (χ0) is 15.8. The SMILES string of the molecule is O=C(NC1CCOC(C2CC2)C1)N1CCc2cc(Cl)ccc2C1. The lowest BCUT2D eigenvalue weighted by Gasteiger charge is -2.34. The number of nitrogens with one attached hydrogen (secondary N) is 1. The average Bonchev–Trinajstić information content (AvgIpc) is 3.39. The molecule has 0 aromatic heterocycles. The van der Waals surface area contributed by atoms with E-state index in [0.29, 0.717) is 12.6 Å². The smallest absolute Gasteiger partial charge is 0.317 e. The molecule has 23 heavy (non-hydrogen) atoms. The lowest BCUT2D eigenvalue weighted by Crippen LogP contribution is -2.49. The normalized spacial score (nSPS) is 27.4. The highest BCUT2D eigenvalue weighted by molar-refractivity contribution is 6.30. The number of ether oxygens (including phenoxy) is 1. The predicted octanol–water partition coefficient (Wildman–Crippen LogP) is 3.37. The van der Waals surface area contributed by atoms with Crippen molar-refractivity contribution in [2.24, 2.45) is 5.92 Å². The Morgan fingerprint density at radius 2 is 2.13 bits per heavy atom. The summed E-state index contributed by atoms with van der Waals surface area (Å²) in [6.07, 6.45) is 5.71. The predicted molar refractivity (Wildman–Crippen MR) is 89.6 cm³/mol. The number of hydrogen-bond acceptors (Lipinski definition) is 2. The van der Waals surface area contributed by atoms with E-state index < -0.39 is 0 Å². The number of carbonyl (C=O) groups excluding carboxylic acids is 1. The first-order valence-electron chi connectivity index (χ1n) is 8.63. The fourth-order valence-corrected chi connectivity index (χ4v) is 3.91. The molecule has 1 N–H and O–H groups in total. The Kier molecular flexibility index (Phi) is 4.20. The molecule has 1 aliphatic carbocycles. The number of urea groups is 1. The Morgan fingerprint density at radius 1 is 1.26 bits per heavy atom. The number of hydrogen-bond donors (Lipinski definition) is 1. The molecule has 2 aliphatic heterocycles. The van der Waals surface area contributed by atoms with E-state index in [2.05, 4.69) is 5.32 Å². The first-order valence-corrected chi connectivity index (χ1v) is 9.01. The molecule has 2 heterocycles. The number of carbonyl (C=O) groups is 1. The van der Waals surface area contributed by atoms with E-state index in [9.17, 15) is 4.79 Å². The number of rotatable bonds is 2. The lowest BCUT2D eigenvalue weighted by molar-refractivity contribution is -0.00988. The third kappa shape index (κ3) is 3.48. The van der Waals surface area contributed by atoms with Crippen LogP contribution in [0.25, 0.3) is 0 Å². The zero-order valence-corrected chi connectivity index (χ0v) is 14.0. The van der Waals surface area contributed by atoms with Crippen molar-refractivity contribution in [1.29, 1.82) is 0 Å². The molecule has 4 rings (SSSR count). The van der Waals surface area contributed by atoms with Crippen molar-refractivity contribution < 1.29 is 9.53 Å². The zero-order valence-electron chi connectivity index (χ0n) is 13.3. The quantitative estimate of drug-likeness (QED) is 0.901. The molecule has 0 spiro atoms. The molecule has 124 valence electrons. The van der Waals surface area contributed by atoms with E-state index in [0.717, 1.165) is 43.4 Å². The summed E-state index contributed by atoms with van der Waals surface area (Å²) < 4.78 is 5.84. The van der Waals surface area contributed by atoms with Crippen molar-refractivity contribution in [3.8, 4) is 0 Å². The van der Waals surface area contributed by atoms with E-state index in [1.807, 2.05) is 23.1 Å². The largest absolute Gasteiger partial charge is 0.378 e. The van der Waals surface area contributed by atoms with Crippen LogP contribution in [0.5, 0.6) is 0 Å². The molecule has 4 nitrogen and oxygen atoms in total. The van der Waals surface area contributed by atoms with Gasteiger partial charge in [0.15, 0.2) is 0 Å². The van der Waals surface area contributed by atoms with Crippen molar-refractivity contribution in [2.75, 3.05) is 13.2 Å². The van der Waals surface area contributed by atoms with Gasteiger partial charge in [-0.05, 0) is 61.3 Å². The molecule has 3 aliphatic rings. The third-order valence-electron chi connectivity index (χ3n) is 5.26. The van der Waals surface area contributed by atoms with Crippen LogP contribution in [0.1, 0.15) is 36.8 Å². The number of amides is 2. The third-order valence-corrected chi connectivity index (χ3v) is 5.49. The highest BCUT2D eigenvalue weighted by atomic mass is 35.5. The molecular formula is C18H23ClN2O2. The molecule has 2 unspecified atom stereocenters.